The van der Waals surface area contributed by atoms with Gasteiger partial charge >= 0.3 is 5.97 Å². The number of aryl methyl sites for hydroxylation is 2. The largest absolute Gasteiger partial charge is 0.462 e. The van der Waals surface area contributed by atoms with Gasteiger partial charge in [0.1, 0.15) is 6.54 Å². The van der Waals surface area contributed by atoms with Gasteiger partial charge in [-0.05, 0) is 74.4 Å². The van der Waals surface area contributed by atoms with E-state index in [9.17, 15) is 18.0 Å². The second-order valence-corrected chi connectivity index (χ2v) is 9.32. The highest BCUT2D eigenvalue weighted by atomic mass is 32.2. The molecule has 0 bridgehead atoms. The molecule has 172 valence electrons. The fraction of sp³-hybridized carbons (Fsp3) is 0.200. The Hall–Kier alpha value is -3.65. The number of benzene rings is 3. The smallest absolute Gasteiger partial charge is 0.338 e. The lowest BCUT2D eigenvalue weighted by atomic mass is 10.1. The van der Waals surface area contributed by atoms with Crippen molar-refractivity contribution in [1.29, 1.82) is 0 Å². The van der Waals surface area contributed by atoms with Gasteiger partial charge < -0.3 is 10.1 Å². The van der Waals surface area contributed by atoms with E-state index in [0.717, 1.165) is 9.87 Å². The van der Waals surface area contributed by atoms with E-state index in [4.69, 9.17) is 4.74 Å². The standard InChI is InChI=1S/C25H26N2O5S/c1-4-32-25(29)20-13-14-23(19(3)16-20)26-24(28)17-27(21-10-8-9-18(2)15-21)33(30,31)22-11-6-5-7-12-22/h5-16H,4,17H2,1-3H3,(H,26,28). The number of amides is 1. The number of nitrogens with zero attached hydrogens (tertiary/aromatic N) is 1. The molecular formula is C25H26N2O5S. The van der Waals surface area contributed by atoms with Crippen LogP contribution in [0, 0.1) is 13.8 Å². The minimum atomic E-state index is -3.98. The molecule has 8 heteroatoms. The number of nitrogens with one attached hydrogen (secondary N) is 1. The highest BCUT2D eigenvalue weighted by Crippen LogP contribution is 2.25. The van der Waals surface area contributed by atoms with Gasteiger partial charge in [0.2, 0.25) is 5.91 Å². The Morgan fingerprint density at radius 1 is 0.939 bits per heavy atom. The predicted molar refractivity (Wildman–Crippen MR) is 128 cm³/mol. The van der Waals surface area contributed by atoms with Crippen LogP contribution < -0.4 is 9.62 Å². The maximum atomic E-state index is 13.4. The summed E-state index contributed by atoms with van der Waals surface area (Å²) in [6.45, 7) is 5.17. The van der Waals surface area contributed by atoms with Crippen molar-refractivity contribution >= 4 is 33.3 Å². The predicted octanol–water partition coefficient (Wildman–Crippen LogP) is 4.31. The summed E-state index contributed by atoms with van der Waals surface area (Å²) in [4.78, 5) is 24.9. The molecule has 0 fully saturated rings. The molecule has 1 N–H and O–H groups in total. The van der Waals surface area contributed by atoms with Crippen LogP contribution in [0.4, 0.5) is 11.4 Å². The third-order valence-corrected chi connectivity index (χ3v) is 6.71. The maximum absolute atomic E-state index is 13.4. The van der Waals surface area contributed by atoms with Crippen molar-refractivity contribution in [2.24, 2.45) is 0 Å². The molecule has 1 amide bonds. The van der Waals surface area contributed by atoms with E-state index in [-0.39, 0.29) is 11.5 Å². The fourth-order valence-corrected chi connectivity index (χ4v) is 4.72. The molecule has 33 heavy (non-hydrogen) atoms. The molecule has 0 atom stereocenters. The van der Waals surface area contributed by atoms with Crippen LogP contribution in [-0.4, -0.2) is 33.4 Å². The zero-order valence-electron chi connectivity index (χ0n) is 18.7. The Morgan fingerprint density at radius 3 is 2.30 bits per heavy atom. The summed E-state index contributed by atoms with van der Waals surface area (Å²) in [5.41, 5.74) is 2.77. The lowest BCUT2D eigenvalue weighted by Crippen LogP contribution is -2.38. The summed E-state index contributed by atoms with van der Waals surface area (Å²) in [7, 11) is -3.98. The highest BCUT2D eigenvalue weighted by molar-refractivity contribution is 7.92. The SMILES string of the molecule is CCOC(=O)c1ccc(NC(=O)CN(c2cccc(C)c2)S(=O)(=O)c2ccccc2)c(C)c1. The third kappa shape index (κ3) is 5.78. The van der Waals surface area contributed by atoms with Gasteiger partial charge in [-0.15, -0.1) is 0 Å². The van der Waals surface area contributed by atoms with Crippen LogP contribution in [0.5, 0.6) is 0 Å². The van der Waals surface area contributed by atoms with Crippen LogP contribution in [-0.2, 0) is 19.6 Å². The first kappa shape index (κ1) is 24.0. The van der Waals surface area contributed by atoms with E-state index in [1.807, 2.05) is 13.0 Å². The number of sulfonamides is 1. The zero-order chi connectivity index (χ0) is 24.0. The van der Waals surface area contributed by atoms with Crippen LogP contribution >= 0.6 is 0 Å². The van der Waals surface area contributed by atoms with Gasteiger partial charge in [-0.1, -0.05) is 30.3 Å². The van der Waals surface area contributed by atoms with Crippen molar-refractivity contribution in [3.63, 3.8) is 0 Å². The summed E-state index contributed by atoms with van der Waals surface area (Å²) in [5.74, 6) is -0.957. The quantitative estimate of drug-likeness (QED) is 0.499. The molecule has 3 aromatic rings. The number of rotatable bonds is 8. The molecule has 0 aliphatic carbocycles. The highest BCUT2D eigenvalue weighted by Gasteiger charge is 2.27. The van der Waals surface area contributed by atoms with Crippen LogP contribution in [0.2, 0.25) is 0 Å². The van der Waals surface area contributed by atoms with Crippen LogP contribution in [0.25, 0.3) is 0 Å². The van der Waals surface area contributed by atoms with E-state index in [0.29, 0.717) is 22.5 Å². The van der Waals surface area contributed by atoms with Gasteiger partial charge in [-0.3, -0.25) is 9.10 Å². The molecule has 3 rings (SSSR count). The fourth-order valence-electron chi connectivity index (χ4n) is 3.28. The summed E-state index contributed by atoms with van der Waals surface area (Å²) < 4.78 is 32.8. The van der Waals surface area contributed by atoms with Gasteiger partial charge in [0, 0.05) is 5.69 Å². The molecule has 0 aliphatic rings. The van der Waals surface area contributed by atoms with Gasteiger partial charge in [-0.25, -0.2) is 13.2 Å². The maximum Gasteiger partial charge on any atom is 0.338 e. The normalized spacial score (nSPS) is 11.0. The lowest BCUT2D eigenvalue weighted by Gasteiger charge is -2.24. The number of hydrogen-bond donors (Lipinski definition) is 1. The van der Waals surface area contributed by atoms with Crippen molar-refractivity contribution in [1.82, 2.24) is 0 Å². The number of ether oxygens (including phenoxy) is 1. The van der Waals surface area contributed by atoms with E-state index in [1.54, 1.807) is 68.4 Å². The molecule has 0 spiro atoms. The average molecular weight is 467 g/mol. The molecule has 0 aromatic heterocycles. The van der Waals surface area contributed by atoms with Crippen LogP contribution in [0.15, 0.2) is 77.7 Å². The summed E-state index contributed by atoms with van der Waals surface area (Å²) >= 11 is 0. The molecule has 3 aromatic carbocycles. The molecule has 0 saturated heterocycles. The van der Waals surface area contributed by atoms with Crippen molar-refractivity contribution in [2.75, 3.05) is 22.8 Å². The molecule has 0 unspecified atom stereocenters. The monoisotopic (exact) mass is 466 g/mol. The summed E-state index contributed by atoms with van der Waals surface area (Å²) in [5, 5.41) is 2.75. The minimum Gasteiger partial charge on any atom is -0.462 e. The average Bonchev–Trinajstić information content (AvgIpc) is 2.79. The molecular weight excluding hydrogens is 440 g/mol. The number of carbonyl (C=O) groups excluding carboxylic acids is 2. The zero-order valence-corrected chi connectivity index (χ0v) is 19.6. The number of esters is 1. The Balaban J connectivity index is 1.88. The van der Waals surface area contributed by atoms with E-state index < -0.39 is 28.4 Å². The minimum absolute atomic E-state index is 0.0919. The molecule has 0 aliphatic heterocycles. The molecule has 0 heterocycles. The van der Waals surface area contributed by atoms with Crippen LogP contribution in [0.3, 0.4) is 0 Å². The van der Waals surface area contributed by atoms with Crippen molar-refractivity contribution in [2.45, 2.75) is 25.7 Å². The summed E-state index contributed by atoms with van der Waals surface area (Å²) in [6, 6.07) is 19.7. The number of anilines is 2. The van der Waals surface area contributed by atoms with E-state index in [2.05, 4.69) is 5.32 Å². The first-order valence-electron chi connectivity index (χ1n) is 10.4. The van der Waals surface area contributed by atoms with Crippen molar-refractivity contribution in [3.8, 4) is 0 Å². The second-order valence-electron chi connectivity index (χ2n) is 7.46. The Bertz CT molecular complexity index is 1260. The van der Waals surface area contributed by atoms with E-state index >= 15 is 0 Å². The third-order valence-electron chi connectivity index (χ3n) is 4.92. The Kier molecular flexibility index (Phi) is 7.50. The van der Waals surface area contributed by atoms with E-state index in [1.165, 1.54) is 12.1 Å². The van der Waals surface area contributed by atoms with Gasteiger partial charge in [0.25, 0.3) is 10.0 Å². The van der Waals surface area contributed by atoms with Crippen molar-refractivity contribution < 1.29 is 22.7 Å². The lowest BCUT2D eigenvalue weighted by molar-refractivity contribution is -0.114. The first-order valence-corrected chi connectivity index (χ1v) is 11.9. The van der Waals surface area contributed by atoms with Gasteiger partial charge in [0.05, 0.1) is 22.8 Å². The van der Waals surface area contributed by atoms with Gasteiger partial charge in [-0.2, -0.15) is 0 Å². The number of carbonyl (C=O) groups is 2. The molecule has 0 radical (unpaired) electrons. The first-order chi connectivity index (χ1) is 15.7. The van der Waals surface area contributed by atoms with Gasteiger partial charge in [0.15, 0.2) is 0 Å². The summed E-state index contributed by atoms with van der Waals surface area (Å²) in [6.07, 6.45) is 0. The Morgan fingerprint density at radius 2 is 1.67 bits per heavy atom. The number of hydrogen-bond acceptors (Lipinski definition) is 5. The topological polar surface area (TPSA) is 92.8 Å². The molecule has 7 nitrogen and oxygen atoms in total. The Labute approximate surface area is 194 Å². The molecule has 0 saturated carbocycles. The second kappa shape index (κ2) is 10.3. The van der Waals surface area contributed by atoms with Crippen LogP contribution in [0.1, 0.15) is 28.4 Å². The van der Waals surface area contributed by atoms with Crippen molar-refractivity contribution in [3.05, 3.63) is 89.5 Å².